The molecule has 2 aromatic rings. The summed E-state index contributed by atoms with van der Waals surface area (Å²) in [6, 6.07) is 8.59. The Morgan fingerprint density at radius 3 is 2.23 bits per heavy atom. The first-order valence-corrected chi connectivity index (χ1v) is 7.89. The number of halogens is 1. The summed E-state index contributed by atoms with van der Waals surface area (Å²) in [5.74, 6) is -1.26. The molecule has 0 bridgehead atoms. The van der Waals surface area contributed by atoms with Gasteiger partial charge in [0.1, 0.15) is 0 Å². The monoisotopic (exact) mass is 376 g/mol. The first kappa shape index (κ1) is 19.3. The van der Waals surface area contributed by atoms with Crippen LogP contribution >= 0.6 is 11.6 Å². The highest BCUT2D eigenvalue weighted by molar-refractivity contribution is 6.31. The average molecular weight is 377 g/mol. The molecule has 0 aliphatic heterocycles. The minimum Gasteiger partial charge on any atom is -0.465 e. The van der Waals surface area contributed by atoms with Crippen molar-refractivity contribution < 1.29 is 23.9 Å². The van der Waals surface area contributed by atoms with Crippen molar-refractivity contribution in [2.75, 3.05) is 24.9 Å². The van der Waals surface area contributed by atoms with Crippen LogP contribution in [-0.4, -0.2) is 32.2 Å². The molecular formula is C18H17ClN2O5. The molecule has 2 rings (SSSR count). The number of esters is 2. The Morgan fingerprint density at radius 1 is 0.923 bits per heavy atom. The van der Waals surface area contributed by atoms with E-state index >= 15 is 0 Å². The van der Waals surface area contributed by atoms with Gasteiger partial charge in [-0.25, -0.2) is 14.4 Å². The highest BCUT2D eigenvalue weighted by Gasteiger charge is 2.17. The average Bonchev–Trinajstić information content (AvgIpc) is 2.64. The first-order valence-electron chi connectivity index (χ1n) is 7.51. The van der Waals surface area contributed by atoms with Gasteiger partial charge in [-0.1, -0.05) is 17.7 Å². The molecule has 0 aliphatic rings. The van der Waals surface area contributed by atoms with Crippen LogP contribution in [0.4, 0.5) is 16.2 Å². The van der Waals surface area contributed by atoms with Crippen molar-refractivity contribution >= 4 is 40.9 Å². The molecule has 136 valence electrons. The fraction of sp³-hybridized carbons (Fsp3) is 0.167. The van der Waals surface area contributed by atoms with E-state index in [4.69, 9.17) is 16.3 Å². The standard InChI is InChI=1S/C18H17ClN2O5/c1-10-13(19)5-4-6-14(10)20-18(24)21-15-9-11(16(22)25-2)7-8-12(15)17(23)26-3/h4-9H,1-3H3,(H2,20,21,24). The van der Waals surface area contributed by atoms with Crippen LogP contribution in [-0.2, 0) is 9.47 Å². The van der Waals surface area contributed by atoms with Crippen molar-refractivity contribution in [3.05, 3.63) is 58.1 Å². The number of benzene rings is 2. The van der Waals surface area contributed by atoms with Crippen molar-refractivity contribution in [2.24, 2.45) is 0 Å². The van der Waals surface area contributed by atoms with Gasteiger partial charge >= 0.3 is 18.0 Å². The van der Waals surface area contributed by atoms with Gasteiger partial charge in [-0.2, -0.15) is 0 Å². The van der Waals surface area contributed by atoms with Gasteiger partial charge in [0.25, 0.3) is 0 Å². The van der Waals surface area contributed by atoms with Gasteiger partial charge in [0.05, 0.1) is 31.0 Å². The van der Waals surface area contributed by atoms with Crippen molar-refractivity contribution in [3.63, 3.8) is 0 Å². The van der Waals surface area contributed by atoms with Gasteiger partial charge in [-0.3, -0.25) is 0 Å². The number of nitrogens with one attached hydrogen (secondary N) is 2. The van der Waals surface area contributed by atoms with Crippen LogP contribution in [0.25, 0.3) is 0 Å². The maximum atomic E-state index is 12.3. The van der Waals surface area contributed by atoms with E-state index in [0.717, 1.165) is 0 Å². The number of carbonyl (C=O) groups excluding carboxylic acids is 3. The summed E-state index contributed by atoms with van der Waals surface area (Å²) in [6.07, 6.45) is 0. The van der Waals surface area contributed by atoms with Crippen molar-refractivity contribution in [3.8, 4) is 0 Å². The lowest BCUT2D eigenvalue weighted by atomic mass is 10.1. The molecule has 0 unspecified atom stereocenters. The Bertz CT molecular complexity index is 867. The van der Waals surface area contributed by atoms with Gasteiger partial charge < -0.3 is 20.1 Å². The Hall–Kier alpha value is -3.06. The predicted octanol–water partition coefficient (Wildman–Crippen LogP) is 3.87. The van der Waals surface area contributed by atoms with E-state index in [1.54, 1.807) is 25.1 Å². The maximum absolute atomic E-state index is 12.3. The second-order valence-electron chi connectivity index (χ2n) is 5.24. The minimum absolute atomic E-state index is 0.0955. The van der Waals surface area contributed by atoms with Crippen LogP contribution in [0.1, 0.15) is 26.3 Å². The van der Waals surface area contributed by atoms with Gasteiger partial charge in [0.15, 0.2) is 0 Å². The second kappa shape index (κ2) is 8.35. The number of hydrogen-bond donors (Lipinski definition) is 2. The molecule has 2 amide bonds. The first-order chi connectivity index (χ1) is 12.4. The van der Waals surface area contributed by atoms with E-state index in [9.17, 15) is 14.4 Å². The third-order valence-electron chi connectivity index (χ3n) is 3.61. The molecule has 0 saturated heterocycles. The van der Waals surface area contributed by atoms with Gasteiger partial charge in [0.2, 0.25) is 0 Å². The SMILES string of the molecule is COC(=O)c1ccc(C(=O)OC)c(NC(=O)Nc2cccc(Cl)c2C)c1. The number of urea groups is 1. The number of carbonyl (C=O) groups is 3. The van der Waals surface area contributed by atoms with E-state index in [1.165, 1.54) is 32.4 Å². The Labute approximate surface area is 155 Å². The smallest absolute Gasteiger partial charge is 0.339 e. The van der Waals surface area contributed by atoms with Crippen LogP contribution in [0.3, 0.4) is 0 Å². The van der Waals surface area contributed by atoms with Crippen LogP contribution in [0.15, 0.2) is 36.4 Å². The number of anilines is 2. The zero-order chi connectivity index (χ0) is 19.3. The highest BCUT2D eigenvalue weighted by atomic mass is 35.5. The van der Waals surface area contributed by atoms with Gasteiger partial charge in [-0.15, -0.1) is 0 Å². The lowest BCUT2D eigenvalue weighted by Gasteiger charge is -2.13. The van der Waals surface area contributed by atoms with Crippen LogP contribution in [0, 0.1) is 6.92 Å². The lowest BCUT2D eigenvalue weighted by Crippen LogP contribution is -2.22. The molecule has 0 heterocycles. The second-order valence-corrected chi connectivity index (χ2v) is 5.64. The molecule has 0 aromatic heterocycles. The van der Waals surface area contributed by atoms with E-state index < -0.39 is 18.0 Å². The fourth-order valence-electron chi connectivity index (χ4n) is 2.20. The number of rotatable bonds is 4. The summed E-state index contributed by atoms with van der Waals surface area (Å²) >= 11 is 6.03. The zero-order valence-corrected chi connectivity index (χ0v) is 15.1. The minimum atomic E-state index is -0.657. The quantitative estimate of drug-likeness (QED) is 0.790. The van der Waals surface area contributed by atoms with E-state index in [0.29, 0.717) is 16.3 Å². The third kappa shape index (κ3) is 4.31. The van der Waals surface area contributed by atoms with Gasteiger partial charge in [-0.05, 0) is 42.8 Å². The fourth-order valence-corrected chi connectivity index (χ4v) is 2.37. The topological polar surface area (TPSA) is 93.7 Å². The normalized spacial score (nSPS) is 10.0. The van der Waals surface area contributed by atoms with E-state index in [1.807, 2.05) is 0 Å². The zero-order valence-electron chi connectivity index (χ0n) is 14.4. The van der Waals surface area contributed by atoms with Crippen molar-refractivity contribution in [1.82, 2.24) is 0 Å². The molecule has 8 heteroatoms. The molecule has 0 fully saturated rings. The number of amides is 2. The molecule has 2 aromatic carbocycles. The highest BCUT2D eigenvalue weighted by Crippen LogP contribution is 2.24. The third-order valence-corrected chi connectivity index (χ3v) is 4.02. The Morgan fingerprint density at radius 2 is 1.58 bits per heavy atom. The summed E-state index contributed by atoms with van der Waals surface area (Å²) < 4.78 is 9.34. The van der Waals surface area contributed by atoms with E-state index in [2.05, 4.69) is 15.4 Å². The molecule has 2 N–H and O–H groups in total. The summed E-state index contributed by atoms with van der Waals surface area (Å²) in [5, 5.41) is 5.69. The van der Waals surface area contributed by atoms with E-state index in [-0.39, 0.29) is 16.8 Å². The lowest BCUT2D eigenvalue weighted by molar-refractivity contribution is 0.0587. The number of hydrogen-bond acceptors (Lipinski definition) is 5. The maximum Gasteiger partial charge on any atom is 0.339 e. The molecule has 0 saturated carbocycles. The van der Waals surface area contributed by atoms with Crippen LogP contribution < -0.4 is 10.6 Å². The summed E-state index contributed by atoms with van der Waals surface area (Å²) in [4.78, 5) is 35.9. The van der Waals surface area contributed by atoms with Crippen LogP contribution in [0.5, 0.6) is 0 Å². The number of ether oxygens (including phenoxy) is 2. The van der Waals surface area contributed by atoms with Crippen molar-refractivity contribution in [1.29, 1.82) is 0 Å². The molecular weight excluding hydrogens is 360 g/mol. The van der Waals surface area contributed by atoms with Crippen molar-refractivity contribution in [2.45, 2.75) is 6.92 Å². The molecule has 0 atom stereocenters. The molecule has 0 radical (unpaired) electrons. The summed E-state index contributed by atoms with van der Waals surface area (Å²) in [5.41, 5.74) is 1.59. The summed E-state index contributed by atoms with van der Waals surface area (Å²) in [7, 11) is 2.45. The largest absolute Gasteiger partial charge is 0.465 e. The Kier molecular flexibility index (Phi) is 6.19. The summed E-state index contributed by atoms with van der Waals surface area (Å²) in [6.45, 7) is 1.76. The molecule has 7 nitrogen and oxygen atoms in total. The molecule has 0 spiro atoms. The predicted molar refractivity (Wildman–Crippen MR) is 98.0 cm³/mol. The van der Waals surface area contributed by atoms with Crippen LogP contribution in [0.2, 0.25) is 5.02 Å². The molecule has 26 heavy (non-hydrogen) atoms. The van der Waals surface area contributed by atoms with Gasteiger partial charge in [0, 0.05) is 10.7 Å². The Balaban J connectivity index is 2.30. The molecule has 0 aliphatic carbocycles. The number of methoxy groups -OCH3 is 2.